The third kappa shape index (κ3) is 2.73. The summed E-state index contributed by atoms with van der Waals surface area (Å²) in [6.07, 6.45) is 1.28. The summed E-state index contributed by atoms with van der Waals surface area (Å²) in [6, 6.07) is 4.69. The van der Waals surface area contributed by atoms with Gasteiger partial charge in [0.15, 0.2) is 0 Å². The number of nitrogens with one attached hydrogen (secondary N) is 2. The van der Waals surface area contributed by atoms with Crippen LogP contribution in [0.15, 0.2) is 18.2 Å². The molecule has 1 amide bonds. The summed E-state index contributed by atoms with van der Waals surface area (Å²) >= 11 is 0. The highest BCUT2D eigenvalue weighted by Crippen LogP contribution is 2.32. The molecule has 0 radical (unpaired) electrons. The number of aromatic hydroxyl groups is 2. The molecule has 1 aromatic rings. The highest BCUT2D eigenvalue weighted by atomic mass is 16.3. The van der Waals surface area contributed by atoms with Crippen LogP contribution in [0.3, 0.4) is 0 Å². The predicted molar refractivity (Wildman–Crippen MR) is 67.4 cm³/mol. The standard InChI is InChI=1S/C13H18N2O3/c1-8(13-10(16)3-2-4-11(13)17)15-9-5-6-12(18)14-7-9/h2-4,8-9,15-17H,5-7H2,1H3,(H,14,18). The monoisotopic (exact) mass is 250 g/mol. The molecule has 1 aromatic carbocycles. The lowest BCUT2D eigenvalue weighted by Crippen LogP contribution is -2.46. The smallest absolute Gasteiger partial charge is 0.220 e. The molecular formula is C13H18N2O3. The first-order valence-corrected chi connectivity index (χ1v) is 6.11. The number of phenols is 2. The summed E-state index contributed by atoms with van der Waals surface area (Å²) in [6.45, 7) is 2.46. The van der Waals surface area contributed by atoms with Crippen LogP contribution >= 0.6 is 0 Å². The van der Waals surface area contributed by atoms with E-state index in [-0.39, 0.29) is 29.5 Å². The van der Waals surface area contributed by atoms with Crippen molar-refractivity contribution in [3.8, 4) is 11.5 Å². The minimum absolute atomic E-state index is 0.0751. The highest BCUT2D eigenvalue weighted by molar-refractivity contribution is 5.76. The second-order valence-corrected chi connectivity index (χ2v) is 4.64. The largest absolute Gasteiger partial charge is 0.507 e. The van der Waals surface area contributed by atoms with Gasteiger partial charge in [0.2, 0.25) is 5.91 Å². The maximum absolute atomic E-state index is 11.1. The molecule has 1 fully saturated rings. The van der Waals surface area contributed by atoms with Gasteiger partial charge < -0.3 is 20.8 Å². The Morgan fingerprint density at radius 3 is 2.61 bits per heavy atom. The Labute approximate surface area is 106 Å². The van der Waals surface area contributed by atoms with E-state index < -0.39 is 0 Å². The van der Waals surface area contributed by atoms with Gasteiger partial charge in [-0.25, -0.2) is 0 Å². The van der Waals surface area contributed by atoms with Gasteiger partial charge in [-0.2, -0.15) is 0 Å². The van der Waals surface area contributed by atoms with Crippen molar-refractivity contribution in [1.29, 1.82) is 0 Å². The zero-order chi connectivity index (χ0) is 13.1. The zero-order valence-electron chi connectivity index (χ0n) is 10.3. The van der Waals surface area contributed by atoms with Crippen molar-refractivity contribution < 1.29 is 15.0 Å². The Balaban J connectivity index is 2.03. The van der Waals surface area contributed by atoms with Gasteiger partial charge in [-0.05, 0) is 25.5 Å². The number of piperidine rings is 1. The van der Waals surface area contributed by atoms with E-state index in [4.69, 9.17) is 0 Å². The molecule has 5 nitrogen and oxygen atoms in total. The number of amides is 1. The van der Waals surface area contributed by atoms with Crippen molar-refractivity contribution in [2.45, 2.75) is 31.8 Å². The van der Waals surface area contributed by atoms with E-state index in [1.807, 2.05) is 6.92 Å². The molecular weight excluding hydrogens is 232 g/mol. The van der Waals surface area contributed by atoms with Gasteiger partial charge in [0.1, 0.15) is 11.5 Å². The number of hydrogen-bond donors (Lipinski definition) is 4. The van der Waals surface area contributed by atoms with Crippen LogP contribution in [-0.4, -0.2) is 28.7 Å². The lowest BCUT2D eigenvalue weighted by Gasteiger charge is -2.27. The third-order valence-corrected chi connectivity index (χ3v) is 3.24. The van der Waals surface area contributed by atoms with Gasteiger partial charge in [0, 0.05) is 25.0 Å². The summed E-state index contributed by atoms with van der Waals surface area (Å²) < 4.78 is 0. The Morgan fingerprint density at radius 2 is 2.06 bits per heavy atom. The molecule has 1 aliphatic rings. The molecule has 18 heavy (non-hydrogen) atoms. The Hall–Kier alpha value is -1.75. The molecule has 1 saturated heterocycles. The van der Waals surface area contributed by atoms with E-state index in [0.29, 0.717) is 18.5 Å². The van der Waals surface area contributed by atoms with E-state index in [2.05, 4.69) is 10.6 Å². The predicted octanol–water partition coefficient (Wildman–Crippen LogP) is 1.03. The van der Waals surface area contributed by atoms with Crippen LogP contribution in [0, 0.1) is 0 Å². The first kappa shape index (κ1) is 12.7. The number of carbonyl (C=O) groups is 1. The maximum atomic E-state index is 11.1. The van der Waals surface area contributed by atoms with Gasteiger partial charge in [0.25, 0.3) is 0 Å². The van der Waals surface area contributed by atoms with Gasteiger partial charge in [-0.3, -0.25) is 4.79 Å². The fraction of sp³-hybridized carbons (Fsp3) is 0.462. The van der Waals surface area contributed by atoms with Crippen LogP contribution in [0.2, 0.25) is 0 Å². The lowest BCUT2D eigenvalue weighted by molar-refractivity contribution is -0.122. The number of phenolic OH excluding ortho intramolecular Hbond substituents is 2. The van der Waals surface area contributed by atoms with E-state index in [9.17, 15) is 15.0 Å². The van der Waals surface area contributed by atoms with E-state index in [1.165, 1.54) is 0 Å². The molecule has 0 aromatic heterocycles. The first-order valence-electron chi connectivity index (χ1n) is 6.11. The molecule has 2 atom stereocenters. The van der Waals surface area contributed by atoms with Gasteiger partial charge in [-0.15, -0.1) is 0 Å². The van der Waals surface area contributed by atoms with E-state index >= 15 is 0 Å². The first-order chi connectivity index (χ1) is 8.58. The van der Waals surface area contributed by atoms with Crippen molar-refractivity contribution in [2.75, 3.05) is 6.54 Å². The average molecular weight is 250 g/mol. The molecule has 4 N–H and O–H groups in total. The fourth-order valence-electron chi connectivity index (χ4n) is 2.30. The highest BCUT2D eigenvalue weighted by Gasteiger charge is 2.22. The van der Waals surface area contributed by atoms with Gasteiger partial charge in [0.05, 0.1) is 5.56 Å². The van der Waals surface area contributed by atoms with Crippen LogP contribution in [0.1, 0.15) is 31.4 Å². The fourth-order valence-corrected chi connectivity index (χ4v) is 2.30. The van der Waals surface area contributed by atoms with E-state index in [0.717, 1.165) is 6.42 Å². The van der Waals surface area contributed by atoms with Crippen LogP contribution < -0.4 is 10.6 Å². The number of hydrogen-bond acceptors (Lipinski definition) is 4. The molecule has 5 heteroatoms. The van der Waals surface area contributed by atoms with Gasteiger partial charge >= 0.3 is 0 Å². The van der Waals surface area contributed by atoms with Crippen molar-refractivity contribution in [1.82, 2.24) is 10.6 Å². The van der Waals surface area contributed by atoms with Crippen LogP contribution in [0.5, 0.6) is 11.5 Å². The molecule has 98 valence electrons. The van der Waals surface area contributed by atoms with Crippen molar-refractivity contribution in [3.63, 3.8) is 0 Å². The van der Waals surface area contributed by atoms with Gasteiger partial charge in [-0.1, -0.05) is 6.07 Å². The summed E-state index contributed by atoms with van der Waals surface area (Å²) in [5.74, 6) is 0.232. The maximum Gasteiger partial charge on any atom is 0.220 e. The Kier molecular flexibility index (Phi) is 3.72. The molecule has 0 bridgehead atoms. The van der Waals surface area contributed by atoms with Crippen LogP contribution in [-0.2, 0) is 4.79 Å². The second kappa shape index (κ2) is 5.27. The molecule has 1 aliphatic heterocycles. The molecule has 0 aliphatic carbocycles. The minimum atomic E-state index is -0.175. The normalized spacial score (nSPS) is 21.4. The minimum Gasteiger partial charge on any atom is -0.507 e. The zero-order valence-corrected chi connectivity index (χ0v) is 10.3. The van der Waals surface area contributed by atoms with Crippen LogP contribution in [0.4, 0.5) is 0 Å². The summed E-state index contributed by atoms with van der Waals surface area (Å²) in [5.41, 5.74) is 0.495. The summed E-state index contributed by atoms with van der Waals surface area (Å²) in [7, 11) is 0. The molecule has 2 unspecified atom stereocenters. The van der Waals surface area contributed by atoms with Crippen molar-refractivity contribution in [3.05, 3.63) is 23.8 Å². The number of carbonyl (C=O) groups excluding carboxylic acids is 1. The topological polar surface area (TPSA) is 81.6 Å². The molecule has 2 rings (SSSR count). The summed E-state index contributed by atoms with van der Waals surface area (Å²) in [4.78, 5) is 11.1. The second-order valence-electron chi connectivity index (χ2n) is 4.64. The SMILES string of the molecule is CC(NC1CCC(=O)NC1)c1c(O)cccc1O. The number of benzene rings is 1. The average Bonchev–Trinajstić information content (AvgIpc) is 2.32. The molecule has 0 saturated carbocycles. The van der Waals surface area contributed by atoms with E-state index in [1.54, 1.807) is 18.2 Å². The number of rotatable bonds is 3. The summed E-state index contributed by atoms with van der Waals surface area (Å²) in [5, 5.41) is 25.6. The van der Waals surface area contributed by atoms with Crippen LogP contribution in [0.25, 0.3) is 0 Å². The molecule has 1 heterocycles. The lowest BCUT2D eigenvalue weighted by atomic mass is 10.0. The third-order valence-electron chi connectivity index (χ3n) is 3.24. The van der Waals surface area contributed by atoms with Crippen molar-refractivity contribution in [2.24, 2.45) is 0 Å². The van der Waals surface area contributed by atoms with Crippen molar-refractivity contribution >= 4 is 5.91 Å². The Morgan fingerprint density at radius 1 is 1.39 bits per heavy atom. The quantitative estimate of drug-likeness (QED) is 0.646. The Bertz CT molecular complexity index is 418. The molecule has 0 spiro atoms.